The predicted octanol–water partition coefficient (Wildman–Crippen LogP) is 3.54. The van der Waals surface area contributed by atoms with Gasteiger partial charge in [0.05, 0.1) is 17.2 Å². The molecule has 1 aromatic carbocycles. The van der Waals surface area contributed by atoms with Gasteiger partial charge in [-0.05, 0) is 24.5 Å². The van der Waals surface area contributed by atoms with Gasteiger partial charge in [-0.25, -0.2) is 13.4 Å². The number of nitrogens with one attached hydrogen (secondary N) is 1. The number of anilines is 2. The van der Waals surface area contributed by atoms with E-state index in [0.717, 1.165) is 16.5 Å². The molecule has 0 saturated carbocycles. The highest BCUT2D eigenvalue weighted by molar-refractivity contribution is 7.98. The van der Waals surface area contributed by atoms with Crippen molar-refractivity contribution in [1.29, 1.82) is 0 Å². The number of benzene rings is 1. The molecule has 7 nitrogen and oxygen atoms in total. The number of nitrogens with zero attached hydrogens (tertiary/aromatic N) is 3. The molecule has 27 heavy (non-hydrogen) atoms. The molecule has 0 radical (unpaired) electrons. The number of sulfone groups is 1. The minimum Gasteiger partial charge on any atom is -0.416 e. The zero-order valence-electron chi connectivity index (χ0n) is 14.4. The molecule has 1 saturated heterocycles. The quantitative estimate of drug-likeness (QED) is 0.577. The summed E-state index contributed by atoms with van der Waals surface area (Å²) in [5, 5.41) is 14.7. The van der Waals surface area contributed by atoms with Gasteiger partial charge in [-0.1, -0.05) is 30.0 Å². The zero-order valence-corrected chi connectivity index (χ0v) is 16.8. The van der Waals surface area contributed by atoms with E-state index in [1.54, 1.807) is 11.3 Å². The van der Waals surface area contributed by atoms with Crippen molar-refractivity contribution < 1.29 is 12.8 Å². The fourth-order valence-electron chi connectivity index (χ4n) is 2.87. The van der Waals surface area contributed by atoms with Crippen molar-refractivity contribution in [1.82, 2.24) is 15.2 Å². The van der Waals surface area contributed by atoms with Crippen LogP contribution in [0.2, 0.25) is 0 Å². The third-order valence-electron chi connectivity index (χ3n) is 4.16. The van der Waals surface area contributed by atoms with E-state index in [-0.39, 0.29) is 17.4 Å². The van der Waals surface area contributed by atoms with Crippen molar-refractivity contribution >= 4 is 43.8 Å². The lowest BCUT2D eigenvalue weighted by Crippen LogP contribution is -2.07. The molecule has 4 rings (SSSR count). The van der Waals surface area contributed by atoms with Crippen LogP contribution in [0.4, 0.5) is 10.8 Å². The van der Waals surface area contributed by atoms with Crippen molar-refractivity contribution in [3.8, 4) is 0 Å². The summed E-state index contributed by atoms with van der Waals surface area (Å²) < 4.78 is 28.7. The Kier molecular flexibility index (Phi) is 5.46. The fourth-order valence-corrected chi connectivity index (χ4v) is 6.24. The highest BCUT2D eigenvalue weighted by Crippen LogP contribution is 2.27. The van der Waals surface area contributed by atoms with Crippen LogP contribution in [-0.4, -0.2) is 35.1 Å². The molecule has 0 spiro atoms. The van der Waals surface area contributed by atoms with Gasteiger partial charge in [-0.2, -0.15) is 0 Å². The predicted molar refractivity (Wildman–Crippen MR) is 106 cm³/mol. The van der Waals surface area contributed by atoms with Gasteiger partial charge in [0.25, 0.3) is 5.22 Å². The van der Waals surface area contributed by atoms with Crippen molar-refractivity contribution in [2.24, 2.45) is 5.92 Å². The van der Waals surface area contributed by atoms with E-state index in [9.17, 15) is 8.42 Å². The summed E-state index contributed by atoms with van der Waals surface area (Å²) in [5.41, 5.74) is 1.94. The average Bonchev–Trinajstić information content (AvgIpc) is 3.35. The van der Waals surface area contributed by atoms with E-state index < -0.39 is 9.84 Å². The van der Waals surface area contributed by atoms with Gasteiger partial charge in [0.2, 0.25) is 5.89 Å². The van der Waals surface area contributed by atoms with E-state index in [4.69, 9.17) is 4.42 Å². The Labute approximate surface area is 165 Å². The molecule has 1 atom stereocenters. The SMILES string of the molecule is O=S1(=O)CCC(Cc2nnc(SCc3csc(Nc4ccccc4)n3)o2)C1. The lowest BCUT2D eigenvalue weighted by Gasteiger charge is -2.01. The molecule has 3 heterocycles. The molecule has 3 aromatic rings. The van der Waals surface area contributed by atoms with Gasteiger partial charge >= 0.3 is 0 Å². The molecule has 0 amide bonds. The van der Waals surface area contributed by atoms with E-state index in [1.165, 1.54) is 11.8 Å². The van der Waals surface area contributed by atoms with Gasteiger partial charge in [-0.3, -0.25) is 0 Å². The Morgan fingerprint density at radius 3 is 2.89 bits per heavy atom. The average molecular weight is 423 g/mol. The Bertz CT molecular complexity index is 1000. The van der Waals surface area contributed by atoms with Crippen molar-refractivity contribution in [3.05, 3.63) is 47.3 Å². The third kappa shape index (κ3) is 5.08. The maximum atomic E-state index is 11.5. The smallest absolute Gasteiger partial charge is 0.276 e. The summed E-state index contributed by atoms with van der Waals surface area (Å²) in [4.78, 5) is 4.56. The van der Waals surface area contributed by atoms with Crippen molar-refractivity contribution in [2.45, 2.75) is 23.8 Å². The number of hydrogen-bond donors (Lipinski definition) is 1. The van der Waals surface area contributed by atoms with E-state index in [0.29, 0.717) is 29.7 Å². The van der Waals surface area contributed by atoms with Gasteiger partial charge in [0.1, 0.15) is 0 Å². The van der Waals surface area contributed by atoms with Crippen LogP contribution in [0.5, 0.6) is 0 Å². The first-order chi connectivity index (χ1) is 13.1. The molecule has 142 valence electrons. The second kappa shape index (κ2) is 7.99. The topological polar surface area (TPSA) is 98.0 Å². The number of para-hydroxylation sites is 1. The van der Waals surface area contributed by atoms with Gasteiger partial charge in [0, 0.05) is 23.2 Å². The summed E-state index contributed by atoms with van der Waals surface area (Å²) in [7, 11) is -2.88. The zero-order chi connectivity index (χ0) is 18.7. The summed E-state index contributed by atoms with van der Waals surface area (Å²) in [5.74, 6) is 1.69. The normalized spacial score (nSPS) is 18.6. The molecule has 2 aromatic heterocycles. The first-order valence-corrected chi connectivity index (χ1v) is 12.2. The monoisotopic (exact) mass is 422 g/mol. The summed E-state index contributed by atoms with van der Waals surface area (Å²) in [6.07, 6.45) is 1.19. The summed E-state index contributed by atoms with van der Waals surface area (Å²) in [6, 6.07) is 9.90. The molecule has 0 bridgehead atoms. The van der Waals surface area contributed by atoms with E-state index in [2.05, 4.69) is 20.5 Å². The molecular weight excluding hydrogens is 404 g/mol. The second-order valence-electron chi connectivity index (χ2n) is 6.36. The lowest BCUT2D eigenvalue weighted by atomic mass is 10.1. The fraction of sp³-hybridized carbons (Fsp3) is 0.353. The Balaban J connectivity index is 1.29. The number of thioether (sulfide) groups is 1. The highest BCUT2D eigenvalue weighted by Gasteiger charge is 2.29. The molecule has 1 aliphatic heterocycles. The van der Waals surface area contributed by atoms with Crippen LogP contribution in [0.1, 0.15) is 18.0 Å². The molecular formula is C17H18N4O3S3. The Morgan fingerprint density at radius 1 is 1.26 bits per heavy atom. The molecule has 1 fully saturated rings. The van der Waals surface area contributed by atoms with E-state index >= 15 is 0 Å². The summed E-state index contributed by atoms with van der Waals surface area (Å²) >= 11 is 2.98. The minimum absolute atomic E-state index is 0.0819. The first-order valence-electron chi connectivity index (χ1n) is 8.48. The molecule has 0 aliphatic carbocycles. The van der Waals surface area contributed by atoms with Crippen LogP contribution >= 0.6 is 23.1 Å². The number of thiazole rings is 1. The van der Waals surface area contributed by atoms with Crippen LogP contribution in [-0.2, 0) is 22.0 Å². The van der Waals surface area contributed by atoms with Gasteiger partial charge in [-0.15, -0.1) is 21.5 Å². The molecule has 1 aliphatic rings. The largest absolute Gasteiger partial charge is 0.416 e. The second-order valence-corrected chi connectivity index (χ2v) is 10.4. The molecule has 10 heteroatoms. The van der Waals surface area contributed by atoms with Crippen LogP contribution in [0.25, 0.3) is 0 Å². The summed E-state index contributed by atoms with van der Waals surface area (Å²) in [6.45, 7) is 0. The highest BCUT2D eigenvalue weighted by atomic mass is 32.2. The maximum Gasteiger partial charge on any atom is 0.276 e. The molecule has 1 N–H and O–H groups in total. The van der Waals surface area contributed by atoms with Gasteiger partial charge in [0.15, 0.2) is 15.0 Å². The van der Waals surface area contributed by atoms with Crippen LogP contribution in [0.15, 0.2) is 45.4 Å². The Morgan fingerprint density at radius 2 is 2.11 bits per heavy atom. The van der Waals surface area contributed by atoms with E-state index in [1.807, 2.05) is 35.7 Å². The first kappa shape index (κ1) is 18.5. The van der Waals surface area contributed by atoms with Crippen molar-refractivity contribution in [2.75, 3.05) is 16.8 Å². The minimum atomic E-state index is -2.88. The number of hydrogen-bond acceptors (Lipinski definition) is 9. The maximum absolute atomic E-state index is 11.5. The Hall–Kier alpha value is -1.91. The van der Waals surface area contributed by atoms with Crippen LogP contribution in [0, 0.1) is 5.92 Å². The van der Waals surface area contributed by atoms with Crippen molar-refractivity contribution in [3.63, 3.8) is 0 Å². The van der Waals surface area contributed by atoms with Crippen LogP contribution < -0.4 is 5.32 Å². The third-order valence-corrected chi connectivity index (χ3v) is 7.65. The lowest BCUT2D eigenvalue weighted by molar-refractivity contribution is 0.389. The van der Waals surface area contributed by atoms with Gasteiger partial charge < -0.3 is 9.73 Å². The van der Waals surface area contributed by atoms with Crippen LogP contribution in [0.3, 0.4) is 0 Å². The standard InChI is InChI=1S/C17H18N4O3S3/c22-27(23)7-6-12(11-27)8-15-20-21-17(24-15)26-10-14-9-25-16(19-14)18-13-4-2-1-3-5-13/h1-5,9,12H,6-8,10-11H2,(H,18,19). The number of rotatable bonds is 7. The molecule has 1 unspecified atom stereocenters. The number of aromatic nitrogens is 3.